The Kier molecular flexibility index (Phi) is 1.91. The number of hydrogen-bond donors (Lipinski definition) is 0. The second-order valence-electron chi connectivity index (χ2n) is 1.68. The summed E-state index contributed by atoms with van der Waals surface area (Å²) in [7, 11) is 0. The summed E-state index contributed by atoms with van der Waals surface area (Å²) < 4.78 is 5.09. The van der Waals surface area contributed by atoms with Crippen LogP contribution in [0.15, 0.2) is 0 Å². The second-order valence-corrected chi connectivity index (χ2v) is 3.03. The summed E-state index contributed by atoms with van der Waals surface area (Å²) in [6, 6.07) is 0. The van der Waals surface area contributed by atoms with Gasteiger partial charge in [-0.1, -0.05) is 11.8 Å². The fraction of sp³-hybridized carbons (Fsp3) is 0.800. The van der Waals surface area contributed by atoms with Crippen LogP contribution in [0.5, 0.6) is 0 Å². The van der Waals surface area contributed by atoms with E-state index < -0.39 is 0 Å². The fourth-order valence-electron chi connectivity index (χ4n) is 0.586. The lowest BCUT2D eigenvalue weighted by molar-refractivity contribution is -0.113. The summed E-state index contributed by atoms with van der Waals surface area (Å²) in [6.45, 7) is 2.49. The molecule has 0 spiro atoms. The SMILES string of the molecule is CC1OCCC(=O)S1. The summed E-state index contributed by atoms with van der Waals surface area (Å²) in [6.07, 6.45) is 0.578. The summed E-state index contributed by atoms with van der Waals surface area (Å²) >= 11 is 1.28. The molecule has 0 aliphatic carbocycles. The van der Waals surface area contributed by atoms with Crippen LogP contribution < -0.4 is 0 Å². The molecule has 1 rings (SSSR count). The molecule has 1 saturated heterocycles. The van der Waals surface area contributed by atoms with Crippen LogP contribution in [0.3, 0.4) is 0 Å². The number of ether oxygens (including phenoxy) is 1. The maximum atomic E-state index is 10.6. The van der Waals surface area contributed by atoms with Gasteiger partial charge in [-0.25, -0.2) is 0 Å². The van der Waals surface area contributed by atoms with Crippen molar-refractivity contribution in [1.82, 2.24) is 0 Å². The van der Waals surface area contributed by atoms with Crippen LogP contribution in [-0.2, 0) is 9.53 Å². The van der Waals surface area contributed by atoms with Gasteiger partial charge in [-0.05, 0) is 6.92 Å². The van der Waals surface area contributed by atoms with Crippen LogP contribution in [-0.4, -0.2) is 17.2 Å². The van der Waals surface area contributed by atoms with E-state index in [4.69, 9.17) is 4.74 Å². The number of carbonyl (C=O) groups is 1. The van der Waals surface area contributed by atoms with Gasteiger partial charge in [0.1, 0.15) is 5.44 Å². The van der Waals surface area contributed by atoms with E-state index in [2.05, 4.69) is 0 Å². The highest BCUT2D eigenvalue weighted by Gasteiger charge is 2.15. The Morgan fingerprint density at radius 2 is 2.62 bits per heavy atom. The molecule has 1 heterocycles. The molecule has 8 heavy (non-hydrogen) atoms. The Labute approximate surface area is 52.6 Å². The van der Waals surface area contributed by atoms with Gasteiger partial charge in [0.25, 0.3) is 0 Å². The molecule has 0 N–H and O–H groups in total. The zero-order chi connectivity index (χ0) is 5.98. The largest absolute Gasteiger partial charge is 0.367 e. The number of rotatable bonds is 0. The van der Waals surface area contributed by atoms with Crippen molar-refractivity contribution < 1.29 is 9.53 Å². The van der Waals surface area contributed by atoms with Crippen molar-refractivity contribution in [2.24, 2.45) is 0 Å². The normalized spacial score (nSPS) is 30.6. The smallest absolute Gasteiger partial charge is 0.193 e. The molecule has 1 atom stereocenters. The van der Waals surface area contributed by atoms with Gasteiger partial charge in [0, 0.05) is 6.42 Å². The van der Waals surface area contributed by atoms with Crippen LogP contribution in [0.4, 0.5) is 0 Å². The highest BCUT2D eigenvalue weighted by Crippen LogP contribution is 2.19. The first-order chi connectivity index (χ1) is 3.79. The van der Waals surface area contributed by atoms with Crippen molar-refractivity contribution in [2.45, 2.75) is 18.8 Å². The third kappa shape index (κ3) is 1.49. The molecule has 0 amide bonds. The molecule has 0 radical (unpaired) electrons. The van der Waals surface area contributed by atoms with Gasteiger partial charge in [-0.15, -0.1) is 0 Å². The van der Waals surface area contributed by atoms with Crippen LogP contribution in [0, 0.1) is 0 Å². The van der Waals surface area contributed by atoms with Gasteiger partial charge in [0.15, 0.2) is 5.12 Å². The van der Waals surface area contributed by atoms with Crippen molar-refractivity contribution in [3.8, 4) is 0 Å². The minimum atomic E-state index is 0.0799. The summed E-state index contributed by atoms with van der Waals surface area (Å²) in [4.78, 5) is 10.6. The van der Waals surface area contributed by atoms with Gasteiger partial charge in [0.2, 0.25) is 0 Å². The average Bonchev–Trinajstić information content (AvgIpc) is 1.64. The molecule has 0 bridgehead atoms. The van der Waals surface area contributed by atoms with Crippen LogP contribution in [0.25, 0.3) is 0 Å². The fourth-order valence-corrected chi connectivity index (χ4v) is 1.32. The van der Waals surface area contributed by atoms with E-state index in [1.54, 1.807) is 0 Å². The molecule has 0 saturated carbocycles. The zero-order valence-electron chi connectivity index (χ0n) is 4.72. The van der Waals surface area contributed by atoms with Crippen molar-refractivity contribution in [2.75, 3.05) is 6.61 Å². The Balaban J connectivity index is 2.34. The molecule has 0 aromatic heterocycles. The number of carbonyl (C=O) groups excluding carboxylic acids is 1. The van der Waals surface area contributed by atoms with E-state index in [1.165, 1.54) is 11.8 Å². The zero-order valence-corrected chi connectivity index (χ0v) is 5.53. The second kappa shape index (κ2) is 2.51. The maximum Gasteiger partial charge on any atom is 0.193 e. The minimum Gasteiger partial charge on any atom is -0.367 e. The van der Waals surface area contributed by atoms with Gasteiger partial charge in [0.05, 0.1) is 6.61 Å². The first-order valence-corrected chi connectivity index (χ1v) is 3.48. The van der Waals surface area contributed by atoms with Gasteiger partial charge < -0.3 is 4.74 Å². The highest BCUT2D eigenvalue weighted by molar-refractivity contribution is 8.14. The van der Waals surface area contributed by atoms with E-state index in [-0.39, 0.29) is 10.6 Å². The van der Waals surface area contributed by atoms with Crippen LogP contribution in [0.1, 0.15) is 13.3 Å². The van der Waals surface area contributed by atoms with E-state index in [0.29, 0.717) is 13.0 Å². The Bertz CT molecular complexity index is 103. The molecule has 46 valence electrons. The highest BCUT2D eigenvalue weighted by atomic mass is 32.2. The van der Waals surface area contributed by atoms with Crippen LogP contribution in [0.2, 0.25) is 0 Å². The monoisotopic (exact) mass is 132 g/mol. The first kappa shape index (κ1) is 6.11. The van der Waals surface area contributed by atoms with E-state index in [1.807, 2.05) is 6.92 Å². The molecular formula is C5H8O2S. The van der Waals surface area contributed by atoms with Crippen molar-refractivity contribution >= 4 is 16.9 Å². The molecule has 3 heteroatoms. The molecular weight excluding hydrogens is 124 g/mol. The van der Waals surface area contributed by atoms with Gasteiger partial charge in [-0.3, -0.25) is 4.79 Å². The van der Waals surface area contributed by atoms with E-state index >= 15 is 0 Å². The van der Waals surface area contributed by atoms with E-state index in [9.17, 15) is 4.79 Å². The Morgan fingerprint density at radius 1 is 1.88 bits per heavy atom. The van der Waals surface area contributed by atoms with Crippen LogP contribution >= 0.6 is 11.8 Å². The predicted octanol–water partition coefficient (Wildman–Crippen LogP) is 1.01. The first-order valence-electron chi connectivity index (χ1n) is 2.60. The van der Waals surface area contributed by atoms with Gasteiger partial charge >= 0.3 is 0 Å². The van der Waals surface area contributed by atoms with E-state index in [0.717, 1.165) is 0 Å². The number of thioether (sulfide) groups is 1. The summed E-state index contributed by atoms with van der Waals surface area (Å²) in [5.74, 6) is 0. The molecule has 1 fully saturated rings. The summed E-state index contributed by atoms with van der Waals surface area (Å²) in [5.41, 5.74) is 0.0799. The predicted molar refractivity (Wildman–Crippen MR) is 32.6 cm³/mol. The lowest BCUT2D eigenvalue weighted by atomic mass is 10.5. The third-order valence-corrected chi connectivity index (χ3v) is 1.89. The minimum absolute atomic E-state index is 0.0799. The van der Waals surface area contributed by atoms with Gasteiger partial charge in [-0.2, -0.15) is 0 Å². The standard InChI is InChI=1S/C5H8O2S/c1-4-7-3-2-5(6)8-4/h4H,2-3H2,1H3. The van der Waals surface area contributed by atoms with Crippen molar-refractivity contribution in [1.29, 1.82) is 0 Å². The van der Waals surface area contributed by atoms with Crippen molar-refractivity contribution in [3.05, 3.63) is 0 Å². The lowest BCUT2D eigenvalue weighted by Gasteiger charge is -2.15. The maximum absolute atomic E-state index is 10.6. The molecule has 1 aliphatic rings. The molecule has 0 aromatic carbocycles. The average molecular weight is 132 g/mol. The molecule has 1 aliphatic heterocycles. The third-order valence-electron chi connectivity index (χ3n) is 0.956. The molecule has 1 unspecified atom stereocenters. The lowest BCUT2D eigenvalue weighted by Crippen LogP contribution is -2.16. The topological polar surface area (TPSA) is 26.3 Å². The van der Waals surface area contributed by atoms with Crippen molar-refractivity contribution in [3.63, 3.8) is 0 Å². The summed E-state index contributed by atoms with van der Waals surface area (Å²) in [5, 5.41) is 0.253. The Morgan fingerprint density at radius 3 is 3.00 bits per heavy atom. The quantitative estimate of drug-likeness (QED) is 0.492. The Hall–Kier alpha value is -0.0200. The molecule has 0 aromatic rings. The number of hydrogen-bond acceptors (Lipinski definition) is 3. The molecule has 2 nitrogen and oxygen atoms in total.